The Labute approximate surface area is 171 Å². The van der Waals surface area contributed by atoms with Crippen LogP contribution in [0.15, 0.2) is 24.3 Å². The van der Waals surface area contributed by atoms with E-state index in [-0.39, 0.29) is 5.92 Å². The minimum Gasteiger partial charge on any atom is -0.291 e. The summed E-state index contributed by atoms with van der Waals surface area (Å²) in [7, 11) is 0. The fourth-order valence-corrected chi connectivity index (χ4v) is 4.66. The Bertz CT molecular complexity index is 924. The number of fused-ring (bicyclic) bond motifs is 2. The molecule has 3 saturated heterocycles. The molecule has 10 heteroatoms. The van der Waals surface area contributed by atoms with Gasteiger partial charge in [0.15, 0.2) is 5.54 Å². The van der Waals surface area contributed by atoms with Gasteiger partial charge in [-0.2, -0.15) is 0 Å². The van der Waals surface area contributed by atoms with Gasteiger partial charge >= 0.3 is 6.03 Å². The van der Waals surface area contributed by atoms with Gasteiger partial charge < -0.3 is 0 Å². The smallest absolute Gasteiger partial charge is 0.291 e. The summed E-state index contributed by atoms with van der Waals surface area (Å²) in [5, 5.41) is 7.48. The van der Waals surface area contributed by atoms with Crippen LogP contribution >= 0.6 is 11.6 Å². The quantitative estimate of drug-likeness (QED) is 0.487. The summed E-state index contributed by atoms with van der Waals surface area (Å²) in [6.07, 6.45) is 0.463. The maximum atomic E-state index is 13.3. The number of urea groups is 1. The molecule has 9 nitrogen and oxygen atoms in total. The van der Waals surface area contributed by atoms with Crippen molar-refractivity contribution in [1.82, 2.24) is 16.0 Å². The van der Waals surface area contributed by atoms with E-state index in [2.05, 4.69) is 16.0 Å². The molecule has 0 bridgehead atoms. The third-order valence-corrected chi connectivity index (χ3v) is 5.90. The molecule has 0 radical (unpaired) electrons. The Balaban J connectivity index is 1.82. The first-order valence-electron chi connectivity index (χ1n) is 9.24. The molecule has 1 aromatic rings. The first-order chi connectivity index (χ1) is 13.7. The Morgan fingerprint density at radius 1 is 1.00 bits per heavy atom. The van der Waals surface area contributed by atoms with E-state index in [4.69, 9.17) is 11.6 Å². The van der Waals surface area contributed by atoms with E-state index in [0.717, 1.165) is 4.90 Å². The Morgan fingerprint density at radius 2 is 1.59 bits per heavy atom. The molecule has 3 fully saturated rings. The van der Waals surface area contributed by atoms with Gasteiger partial charge in [0.25, 0.3) is 11.8 Å². The number of imide groups is 3. The van der Waals surface area contributed by atoms with Crippen LogP contribution in [0.25, 0.3) is 0 Å². The second-order valence-corrected chi connectivity index (χ2v) is 8.35. The van der Waals surface area contributed by atoms with Gasteiger partial charge in [-0.05, 0) is 36.6 Å². The van der Waals surface area contributed by atoms with Gasteiger partial charge in [-0.25, -0.2) is 9.69 Å². The molecule has 6 amide bonds. The lowest BCUT2D eigenvalue weighted by atomic mass is 9.77. The minimum atomic E-state index is -2.02. The predicted molar refractivity (Wildman–Crippen MR) is 102 cm³/mol. The third-order valence-electron chi connectivity index (χ3n) is 5.64. The summed E-state index contributed by atoms with van der Waals surface area (Å²) in [6.45, 7) is 3.87. The summed E-state index contributed by atoms with van der Waals surface area (Å²) in [4.78, 5) is 64.8. The number of benzene rings is 1. The molecule has 3 heterocycles. The number of nitrogens with zero attached hydrogens (tertiary/aromatic N) is 1. The van der Waals surface area contributed by atoms with Gasteiger partial charge in [-0.15, -0.1) is 0 Å². The van der Waals surface area contributed by atoms with E-state index in [1.54, 1.807) is 12.1 Å². The number of rotatable bonds is 3. The van der Waals surface area contributed by atoms with Gasteiger partial charge in [0.2, 0.25) is 11.8 Å². The maximum Gasteiger partial charge on any atom is 0.328 e. The van der Waals surface area contributed by atoms with E-state index < -0.39 is 53.1 Å². The fourth-order valence-electron chi connectivity index (χ4n) is 4.53. The molecule has 0 saturated carbocycles. The van der Waals surface area contributed by atoms with Crippen molar-refractivity contribution in [2.75, 3.05) is 4.90 Å². The van der Waals surface area contributed by atoms with Gasteiger partial charge in [-0.1, -0.05) is 25.4 Å². The summed E-state index contributed by atoms with van der Waals surface area (Å²) in [5.41, 5.74) is -1.71. The summed E-state index contributed by atoms with van der Waals surface area (Å²) in [5.74, 6) is -5.05. The number of barbiturate groups is 1. The lowest BCUT2D eigenvalue weighted by Gasteiger charge is -2.34. The SMILES string of the molecule is CC(C)C[C@@H]1NC2(C(=O)NC(=O)NC2=O)[C@@H]2C(=O)N(c3ccc(Cl)cc3)C(=O)[C@H]12. The molecule has 152 valence electrons. The number of hydrogen-bond donors (Lipinski definition) is 3. The number of anilines is 1. The molecule has 29 heavy (non-hydrogen) atoms. The highest BCUT2D eigenvalue weighted by Crippen LogP contribution is 2.46. The Morgan fingerprint density at radius 3 is 2.14 bits per heavy atom. The monoisotopic (exact) mass is 418 g/mol. The van der Waals surface area contributed by atoms with Crippen molar-refractivity contribution in [3.8, 4) is 0 Å². The number of amides is 6. The van der Waals surface area contributed by atoms with Crippen molar-refractivity contribution < 1.29 is 24.0 Å². The minimum absolute atomic E-state index is 0.132. The van der Waals surface area contributed by atoms with E-state index in [0.29, 0.717) is 17.1 Å². The van der Waals surface area contributed by atoms with Crippen LogP contribution in [0, 0.1) is 17.8 Å². The van der Waals surface area contributed by atoms with Crippen molar-refractivity contribution in [2.24, 2.45) is 17.8 Å². The number of nitrogens with one attached hydrogen (secondary N) is 3. The largest absolute Gasteiger partial charge is 0.328 e. The van der Waals surface area contributed by atoms with E-state index in [1.165, 1.54) is 12.1 Å². The van der Waals surface area contributed by atoms with Crippen LogP contribution in [0.3, 0.4) is 0 Å². The highest BCUT2D eigenvalue weighted by atomic mass is 35.5. The summed E-state index contributed by atoms with van der Waals surface area (Å²) < 4.78 is 0. The molecule has 1 aromatic carbocycles. The summed E-state index contributed by atoms with van der Waals surface area (Å²) in [6, 6.07) is 4.61. The van der Waals surface area contributed by atoms with E-state index in [1.807, 2.05) is 13.8 Å². The lowest BCUT2D eigenvalue weighted by Crippen LogP contribution is -2.74. The lowest BCUT2D eigenvalue weighted by molar-refractivity contribution is -0.145. The molecular formula is C19H19ClN4O5. The molecule has 0 aromatic heterocycles. The zero-order valence-electron chi connectivity index (χ0n) is 15.7. The van der Waals surface area contributed by atoms with Crippen molar-refractivity contribution >= 4 is 46.9 Å². The van der Waals surface area contributed by atoms with Crippen LogP contribution in [0.2, 0.25) is 5.02 Å². The topological polar surface area (TPSA) is 125 Å². The van der Waals surface area contributed by atoms with Crippen LogP contribution < -0.4 is 20.9 Å². The first-order valence-corrected chi connectivity index (χ1v) is 9.62. The normalized spacial score (nSPS) is 28.2. The van der Waals surface area contributed by atoms with E-state index in [9.17, 15) is 24.0 Å². The molecule has 0 aliphatic carbocycles. The van der Waals surface area contributed by atoms with E-state index >= 15 is 0 Å². The number of carbonyl (C=O) groups is 5. The van der Waals surface area contributed by atoms with Crippen LogP contribution in [0.1, 0.15) is 20.3 Å². The molecule has 3 N–H and O–H groups in total. The zero-order chi connectivity index (χ0) is 21.1. The zero-order valence-corrected chi connectivity index (χ0v) is 16.4. The Hall–Kier alpha value is -2.78. The van der Waals surface area contributed by atoms with Crippen LogP contribution in [-0.4, -0.2) is 41.2 Å². The average molecular weight is 419 g/mol. The fraction of sp³-hybridized carbons (Fsp3) is 0.421. The molecule has 3 aliphatic rings. The molecule has 3 aliphatic heterocycles. The van der Waals surface area contributed by atoms with Gasteiger partial charge in [-0.3, -0.25) is 35.1 Å². The van der Waals surface area contributed by atoms with Gasteiger partial charge in [0, 0.05) is 11.1 Å². The van der Waals surface area contributed by atoms with Crippen molar-refractivity contribution in [3.05, 3.63) is 29.3 Å². The molecule has 3 atom stereocenters. The average Bonchev–Trinajstić information content (AvgIpc) is 3.09. The van der Waals surface area contributed by atoms with Crippen LogP contribution in [0.5, 0.6) is 0 Å². The summed E-state index contributed by atoms with van der Waals surface area (Å²) >= 11 is 5.90. The van der Waals surface area contributed by atoms with Crippen LogP contribution in [0.4, 0.5) is 10.5 Å². The molecular weight excluding hydrogens is 400 g/mol. The van der Waals surface area contributed by atoms with Gasteiger partial charge in [0.1, 0.15) is 0 Å². The highest BCUT2D eigenvalue weighted by Gasteiger charge is 2.72. The first kappa shape index (κ1) is 19.5. The Kier molecular flexibility index (Phi) is 4.47. The molecule has 4 rings (SSSR count). The number of hydrogen-bond acceptors (Lipinski definition) is 6. The second kappa shape index (κ2) is 6.64. The molecule has 0 unspecified atom stereocenters. The standard InChI is InChI=1S/C19H19ClN4O5/c1-8(2)7-11-12-13(19(23-11)16(27)21-18(29)22-17(19)28)15(26)24(14(12)25)10-5-3-9(20)4-6-10/h3-6,8,11-13,23H,7H2,1-2H3,(H2,21,22,27,28,29)/t11-,12+,13-/m0/s1. The second-order valence-electron chi connectivity index (χ2n) is 7.92. The van der Waals surface area contributed by atoms with Crippen molar-refractivity contribution in [2.45, 2.75) is 31.8 Å². The van der Waals surface area contributed by atoms with Gasteiger partial charge in [0.05, 0.1) is 17.5 Å². The number of carbonyl (C=O) groups excluding carboxylic acids is 5. The molecule has 1 spiro atoms. The van der Waals surface area contributed by atoms with Crippen molar-refractivity contribution in [1.29, 1.82) is 0 Å². The third kappa shape index (κ3) is 2.76. The maximum absolute atomic E-state index is 13.3. The predicted octanol–water partition coefficient (Wildman–Crippen LogP) is 0.568. The van der Waals surface area contributed by atoms with Crippen LogP contribution in [-0.2, 0) is 19.2 Å². The highest BCUT2D eigenvalue weighted by molar-refractivity contribution is 6.32. The number of halogens is 1. The van der Waals surface area contributed by atoms with Crippen molar-refractivity contribution in [3.63, 3.8) is 0 Å².